The SMILES string of the molecule is C#CCC(CC)Nc1ccc2cc([N+](=O)[O-])ccc2n1. The van der Waals surface area contributed by atoms with Crippen molar-refractivity contribution >= 4 is 22.4 Å². The number of nitro groups is 1. The van der Waals surface area contributed by atoms with E-state index in [0.717, 1.165) is 23.1 Å². The second kappa shape index (κ2) is 6.02. The van der Waals surface area contributed by atoms with Crippen LogP contribution in [0.5, 0.6) is 0 Å². The van der Waals surface area contributed by atoms with Crippen LogP contribution in [-0.4, -0.2) is 15.9 Å². The minimum absolute atomic E-state index is 0.0683. The third-order valence-electron chi connectivity index (χ3n) is 3.09. The number of fused-ring (bicyclic) bond motifs is 1. The lowest BCUT2D eigenvalue weighted by Gasteiger charge is -2.15. The number of terminal acetylenes is 1. The van der Waals surface area contributed by atoms with E-state index in [0.29, 0.717) is 6.42 Å². The second-order valence-electron chi connectivity index (χ2n) is 4.49. The first kappa shape index (κ1) is 13.8. The van der Waals surface area contributed by atoms with Crippen molar-refractivity contribution in [1.82, 2.24) is 4.98 Å². The van der Waals surface area contributed by atoms with E-state index in [1.54, 1.807) is 6.07 Å². The van der Waals surface area contributed by atoms with E-state index in [1.807, 2.05) is 12.1 Å². The Morgan fingerprint density at radius 1 is 1.45 bits per heavy atom. The Labute approximate surface area is 117 Å². The maximum atomic E-state index is 10.7. The molecule has 0 bridgehead atoms. The van der Waals surface area contributed by atoms with Crippen molar-refractivity contribution in [2.45, 2.75) is 25.8 Å². The van der Waals surface area contributed by atoms with E-state index in [4.69, 9.17) is 6.42 Å². The lowest BCUT2D eigenvalue weighted by molar-refractivity contribution is -0.384. The Bertz CT molecular complexity index is 676. The summed E-state index contributed by atoms with van der Waals surface area (Å²) < 4.78 is 0. The Hall–Kier alpha value is -2.61. The molecule has 0 aliphatic heterocycles. The molecule has 20 heavy (non-hydrogen) atoms. The molecule has 1 unspecified atom stereocenters. The van der Waals surface area contributed by atoms with Gasteiger partial charge in [-0.15, -0.1) is 12.3 Å². The zero-order chi connectivity index (χ0) is 14.5. The molecule has 2 aromatic rings. The monoisotopic (exact) mass is 269 g/mol. The van der Waals surface area contributed by atoms with Gasteiger partial charge in [-0.05, 0) is 24.6 Å². The number of hydrogen-bond acceptors (Lipinski definition) is 4. The summed E-state index contributed by atoms with van der Waals surface area (Å²) in [6, 6.07) is 8.44. The first-order chi connectivity index (χ1) is 9.63. The van der Waals surface area contributed by atoms with Gasteiger partial charge in [0.25, 0.3) is 5.69 Å². The summed E-state index contributed by atoms with van der Waals surface area (Å²) in [7, 11) is 0. The number of aromatic nitrogens is 1. The number of anilines is 1. The summed E-state index contributed by atoms with van der Waals surface area (Å²) in [5.74, 6) is 3.36. The van der Waals surface area contributed by atoms with Crippen LogP contribution in [0.3, 0.4) is 0 Å². The highest BCUT2D eigenvalue weighted by Gasteiger charge is 2.09. The molecule has 1 aromatic heterocycles. The van der Waals surface area contributed by atoms with Crippen LogP contribution in [0.15, 0.2) is 30.3 Å². The molecule has 1 heterocycles. The highest BCUT2D eigenvalue weighted by molar-refractivity contribution is 5.82. The fourth-order valence-corrected chi connectivity index (χ4v) is 1.96. The largest absolute Gasteiger partial charge is 0.366 e. The van der Waals surface area contributed by atoms with Gasteiger partial charge in [0.2, 0.25) is 0 Å². The van der Waals surface area contributed by atoms with Gasteiger partial charge in [0, 0.05) is 30.0 Å². The molecular formula is C15H15N3O2. The normalized spacial score (nSPS) is 11.8. The molecule has 0 saturated carbocycles. The van der Waals surface area contributed by atoms with Crippen molar-refractivity contribution in [3.8, 4) is 12.3 Å². The lowest BCUT2D eigenvalue weighted by Crippen LogP contribution is -2.18. The van der Waals surface area contributed by atoms with E-state index >= 15 is 0 Å². The van der Waals surface area contributed by atoms with Crippen molar-refractivity contribution < 1.29 is 4.92 Å². The summed E-state index contributed by atoms with van der Waals surface area (Å²) in [5, 5.41) is 14.7. The number of hydrogen-bond donors (Lipinski definition) is 1. The van der Waals surface area contributed by atoms with E-state index in [2.05, 4.69) is 23.1 Å². The van der Waals surface area contributed by atoms with Gasteiger partial charge < -0.3 is 5.32 Å². The zero-order valence-corrected chi connectivity index (χ0v) is 11.2. The minimum atomic E-state index is -0.411. The summed E-state index contributed by atoms with van der Waals surface area (Å²) >= 11 is 0. The van der Waals surface area contributed by atoms with Gasteiger partial charge in [0.1, 0.15) is 5.82 Å². The van der Waals surface area contributed by atoms with Crippen LogP contribution in [0, 0.1) is 22.5 Å². The number of rotatable bonds is 5. The fourth-order valence-electron chi connectivity index (χ4n) is 1.96. The van der Waals surface area contributed by atoms with E-state index in [-0.39, 0.29) is 11.7 Å². The van der Waals surface area contributed by atoms with Crippen molar-refractivity contribution in [2.24, 2.45) is 0 Å². The Balaban J connectivity index is 2.28. The maximum Gasteiger partial charge on any atom is 0.270 e. The van der Waals surface area contributed by atoms with Gasteiger partial charge in [0.15, 0.2) is 0 Å². The van der Waals surface area contributed by atoms with E-state index in [1.165, 1.54) is 12.1 Å². The van der Waals surface area contributed by atoms with Crippen LogP contribution in [0.1, 0.15) is 19.8 Å². The fraction of sp³-hybridized carbons (Fsp3) is 0.267. The minimum Gasteiger partial charge on any atom is -0.366 e. The summed E-state index contributed by atoms with van der Waals surface area (Å²) in [5.41, 5.74) is 0.787. The molecule has 0 spiro atoms. The Morgan fingerprint density at radius 3 is 2.90 bits per heavy atom. The molecule has 0 radical (unpaired) electrons. The molecule has 0 amide bonds. The molecule has 5 nitrogen and oxygen atoms in total. The summed E-state index contributed by atoms with van der Waals surface area (Å²) in [6.07, 6.45) is 6.86. The molecule has 5 heteroatoms. The number of nitrogens with zero attached hydrogens (tertiary/aromatic N) is 2. The van der Waals surface area contributed by atoms with E-state index in [9.17, 15) is 10.1 Å². The molecule has 0 aliphatic rings. The number of nitrogens with one attached hydrogen (secondary N) is 1. The van der Waals surface area contributed by atoms with Crippen molar-refractivity contribution in [2.75, 3.05) is 5.32 Å². The highest BCUT2D eigenvalue weighted by Crippen LogP contribution is 2.21. The van der Waals surface area contributed by atoms with Crippen LogP contribution in [-0.2, 0) is 0 Å². The quantitative estimate of drug-likeness (QED) is 0.513. The molecule has 2 rings (SSSR count). The number of non-ortho nitro benzene ring substituents is 1. The third-order valence-corrected chi connectivity index (χ3v) is 3.09. The van der Waals surface area contributed by atoms with Gasteiger partial charge in [-0.25, -0.2) is 4.98 Å². The Morgan fingerprint density at radius 2 is 2.25 bits per heavy atom. The smallest absolute Gasteiger partial charge is 0.270 e. The van der Waals surface area contributed by atoms with Gasteiger partial charge in [-0.2, -0.15) is 0 Å². The topological polar surface area (TPSA) is 68.1 Å². The average Bonchev–Trinajstić information content (AvgIpc) is 2.46. The summed E-state index contributed by atoms with van der Waals surface area (Å²) in [6.45, 7) is 2.05. The third kappa shape index (κ3) is 3.04. The molecule has 1 atom stereocenters. The summed E-state index contributed by atoms with van der Waals surface area (Å²) in [4.78, 5) is 14.8. The van der Waals surface area contributed by atoms with Crippen LogP contribution < -0.4 is 5.32 Å². The van der Waals surface area contributed by atoms with Gasteiger partial charge >= 0.3 is 0 Å². The number of nitro benzene ring substituents is 1. The first-order valence-electron chi connectivity index (χ1n) is 6.39. The van der Waals surface area contributed by atoms with Crippen molar-refractivity contribution in [3.05, 3.63) is 40.4 Å². The molecule has 1 aromatic carbocycles. The Kier molecular flexibility index (Phi) is 4.16. The van der Waals surface area contributed by atoms with Crippen molar-refractivity contribution in [1.29, 1.82) is 0 Å². The first-order valence-corrected chi connectivity index (χ1v) is 6.39. The standard InChI is InChI=1S/C15H15N3O2/c1-3-5-12(4-2)16-15-9-6-11-10-13(18(19)20)7-8-14(11)17-15/h1,6-10,12H,4-5H2,2H3,(H,16,17). The molecule has 0 saturated heterocycles. The predicted molar refractivity (Wildman–Crippen MR) is 79.5 cm³/mol. The molecule has 1 N–H and O–H groups in total. The molecule has 0 fully saturated rings. The van der Waals surface area contributed by atoms with Crippen LogP contribution in [0.2, 0.25) is 0 Å². The lowest BCUT2D eigenvalue weighted by atomic mass is 10.1. The number of benzene rings is 1. The average molecular weight is 269 g/mol. The number of pyridine rings is 1. The van der Waals surface area contributed by atoms with Crippen LogP contribution in [0.4, 0.5) is 11.5 Å². The predicted octanol–water partition coefficient (Wildman–Crippen LogP) is 3.36. The van der Waals surface area contributed by atoms with Crippen LogP contribution >= 0.6 is 0 Å². The highest BCUT2D eigenvalue weighted by atomic mass is 16.6. The van der Waals surface area contributed by atoms with Gasteiger partial charge in [0.05, 0.1) is 10.4 Å². The van der Waals surface area contributed by atoms with Crippen LogP contribution in [0.25, 0.3) is 10.9 Å². The zero-order valence-electron chi connectivity index (χ0n) is 11.2. The van der Waals surface area contributed by atoms with E-state index < -0.39 is 4.92 Å². The molecule has 0 aliphatic carbocycles. The molecular weight excluding hydrogens is 254 g/mol. The van der Waals surface area contributed by atoms with Gasteiger partial charge in [-0.3, -0.25) is 10.1 Å². The van der Waals surface area contributed by atoms with Gasteiger partial charge in [-0.1, -0.05) is 6.92 Å². The maximum absolute atomic E-state index is 10.7. The van der Waals surface area contributed by atoms with Crippen molar-refractivity contribution in [3.63, 3.8) is 0 Å². The second-order valence-corrected chi connectivity index (χ2v) is 4.49. The molecule has 102 valence electrons.